The monoisotopic (exact) mass is 288 g/mol. The van der Waals surface area contributed by atoms with Crippen LogP contribution in [0.1, 0.15) is 57.1 Å². The Morgan fingerprint density at radius 2 is 1.81 bits per heavy atom. The fraction of sp³-hybridized carbons (Fsp3) is 0.684. The molecule has 0 unspecified atom stereocenters. The summed E-state index contributed by atoms with van der Waals surface area (Å²) >= 11 is 0. The number of hydrogen-bond donors (Lipinski definition) is 1. The smallest absolute Gasteiger partial charge is 0.0239 e. The molecule has 0 saturated heterocycles. The lowest BCUT2D eigenvalue weighted by atomic mass is 10.0. The molecule has 2 nitrogen and oxygen atoms in total. The maximum absolute atomic E-state index is 3.30. The van der Waals surface area contributed by atoms with Crippen LogP contribution in [0.3, 0.4) is 0 Å². The predicted molar refractivity (Wildman–Crippen MR) is 91.3 cm³/mol. The second kappa shape index (κ2) is 8.55. The van der Waals surface area contributed by atoms with Gasteiger partial charge in [0, 0.05) is 19.1 Å². The molecular weight excluding hydrogens is 256 g/mol. The molecule has 2 rings (SSSR count). The van der Waals surface area contributed by atoms with Gasteiger partial charge in [0.2, 0.25) is 0 Å². The number of nitrogens with one attached hydrogen (secondary N) is 1. The van der Waals surface area contributed by atoms with Gasteiger partial charge in [-0.1, -0.05) is 51.0 Å². The van der Waals surface area contributed by atoms with Gasteiger partial charge < -0.3 is 5.32 Å². The Balaban J connectivity index is 2.06. The van der Waals surface area contributed by atoms with Crippen molar-refractivity contribution in [1.29, 1.82) is 0 Å². The predicted octanol–water partition coefficient (Wildman–Crippen LogP) is 4.20. The van der Waals surface area contributed by atoms with E-state index in [1.54, 1.807) is 0 Å². The van der Waals surface area contributed by atoms with E-state index in [1.165, 1.54) is 49.8 Å². The standard InChI is InChI=1S/C19H32N2/c1-16(2)12-13-21(19-10-6-7-11-19)15-18-9-5-4-8-17(18)14-20-3/h4-5,8-9,16,19-20H,6-7,10-15H2,1-3H3. The molecule has 1 aromatic carbocycles. The van der Waals surface area contributed by atoms with Gasteiger partial charge in [0.05, 0.1) is 0 Å². The summed E-state index contributed by atoms with van der Waals surface area (Å²) in [5.74, 6) is 0.793. The Morgan fingerprint density at radius 3 is 2.43 bits per heavy atom. The summed E-state index contributed by atoms with van der Waals surface area (Å²) in [6.45, 7) is 8.01. The number of nitrogens with zero attached hydrogens (tertiary/aromatic N) is 1. The minimum atomic E-state index is 0.793. The zero-order valence-corrected chi connectivity index (χ0v) is 14.1. The van der Waals surface area contributed by atoms with E-state index in [-0.39, 0.29) is 0 Å². The van der Waals surface area contributed by atoms with Crippen molar-refractivity contribution in [2.45, 2.75) is 65.1 Å². The lowest BCUT2D eigenvalue weighted by Gasteiger charge is -2.30. The van der Waals surface area contributed by atoms with Crippen LogP contribution in [-0.4, -0.2) is 24.5 Å². The highest BCUT2D eigenvalue weighted by atomic mass is 15.2. The molecule has 0 aromatic heterocycles. The normalized spacial score (nSPS) is 16.2. The largest absolute Gasteiger partial charge is 0.316 e. The van der Waals surface area contributed by atoms with Crippen LogP contribution < -0.4 is 5.32 Å². The molecule has 0 spiro atoms. The van der Waals surface area contributed by atoms with Gasteiger partial charge in [-0.05, 0) is 49.9 Å². The van der Waals surface area contributed by atoms with E-state index < -0.39 is 0 Å². The average Bonchev–Trinajstić information content (AvgIpc) is 2.99. The maximum Gasteiger partial charge on any atom is 0.0239 e. The second-order valence-electron chi connectivity index (χ2n) is 6.89. The first kappa shape index (κ1) is 16.5. The maximum atomic E-state index is 3.30. The third-order valence-electron chi connectivity index (χ3n) is 4.69. The first-order valence-electron chi connectivity index (χ1n) is 8.66. The Morgan fingerprint density at radius 1 is 1.14 bits per heavy atom. The summed E-state index contributed by atoms with van der Waals surface area (Å²) in [4.78, 5) is 2.75. The fourth-order valence-electron chi connectivity index (χ4n) is 3.38. The van der Waals surface area contributed by atoms with Crippen molar-refractivity contribution >= 4 is 0 Å². The number of rotatable bonds is 8. The van der Waals surface area contributed by atoms with Gasteiger partial charge in [0.15, 0.2) is 0 Å². The van der Waals surface area contributed by atoms with Crippen LogP contribution in [0, 0.1) is 5.92 Å². The van der Waals surface area contributed by atoms with E-state index in [9.17, 15) is 0 Å². The van der Waals surface area contributed by atoms with Crippen molar-refractivity contribution in [2.75, 3.05) is 13.6 Å². The molecule has 1 aliphatic carbocycles. The van der Waals surface area contributed by atoms with Gasteiger partial charge in [-0.15, -0.1) is 0 Å². The summed E-state index contributed by atoms with van der Waals surface area (Å²) in [6, 6.07) is 9.73. The van der Waals surface area contributed by atoms with Crippen LogP contribution in [0.15, 0.2) is 24.3 Å². The first-order valence-corrected chi connectivity index (χ1v) is 8.66. The zero-order valence-electron chi connectivity index (χ0n) is 14.1. The molecule has 1 aliphatic rings. The van der Waals surface area contributed by atoms with Gasteiger partial charge in [0.25, 0.3) is 0 Å². The van der Waals surface area contributed by atoms with Gasteiger partial charge in [-0.25, -0.2) is 0 Å². The summed E-state index contributed by atoms with van der Waals surface area (Å²) in [5.41, 5.74) is 2.95. The van der Waals surface area contributed by atoms with E-state index in [2.05, 4.69) is 48.3 Å². The van der Waals surface area contributed by atoms with Crippen LogP contribution in [0.5, 0.6) is 0 Å². The lowest BCUT2D eigenvalue weighted by molar-refractivity contribution is 0.179. The molecule has 0 heterocycles. The molecule has 0 amide bonds. The highest BCUT2D eigenvalue weighted by Crippen LogP contribution is 2.26. The third-order valence-corrected chi connectivity index (χ3v) is 4.69. The fourth-order valence-corrected chi connectivity index (χ4v) is 3.38. The lowest BCUT2D eigenvalue weighted by Crippen LogP contribution is -2.34. The van der Waals surface area contributed by atoms with Crippen LogP contribution in [-0.2, 0) is 13.1 Å². The molecule has 0 bridgehead atoms. The summed E-state index contributed by atoms with van der Waals surface area (Å²) in [5, 5.41) is 3.30. The third kappa shape index (κ3) is 5.12. The van der Waals surface area contributed by atoms with Crippen molar-refractivity contribution in [1.82, 2.24) is 10.2 Å². The highest BCUT2D eigenvalue weighted by Gasteiger charge is 2.23. The summed E-state index contributed by atoms with van der Waals surface area (Å²) in [7, 11) is 2.03. The Bertz CT molecular complexity index is 408. The molecule has 118 valence electrons. The molecule has 1 aromatic rings. The molecule has 2 heteroatoms. The SMILES string of the molecule is CNCc1ccccc1CN(CCC(C)C)C1CCCC1. The molecular formula is C19H32N2. The zero-order chi connectivity index (χ0) is 15.1. The molecule has 0 radical (unpaired) electrons. The van der Waals surface area contributed by atoms with Crippen LogP contribution in [0.2, 0.25) is 0 Å². The first-order chi connectivity index (χ1) is 10.2. The Kier molecular flexibility index (Phi) is 6.72. The second-order valence-corrected chi connectivity index (χ2v) is 6.89. The van der Waals surface area contributed by atoms with Crippen LogP contribution in [0.4, 0.5) is 0 Å². The minimum absolute atomic E-state index is 0.793. The van der Waals surface area contributed by atoms with Crippen LogP contribution >= 0.6 is 0 Å². The van der Waals surface area contributed by atoms with E-state index in [1.807, 2.05) is 7.05 Å². The summed E-state index contributed by atoms with van der Waals surface area (Å²) < 4.78 is 0. The van der Waals surface area contributed by atoms with Crippen molar-refractivity contribution < 1.29 is 0 Å². The Labute approximate surface area is 130 Å². The van der Waals surface area contributed by atoms with Crippen molar-refractivity contribution in [3.63, 3.8) is 0 Å². The topological polar surface area (TPSA) is 15.3 Å². The quantitative estimate of drug-likeness (QED) is 0.771. The van der Waals surface area contributed by atoms with Gasteiger partial charge >= 0.3 is 0 Å². The van der Waals surface area contributed by atoms with E-state index in [0.29, 0.717) is 0 Å². The van der Waals surface area contributed by atoms with Crippen molar-refractivity contribution in [3.05, 3.63) is 35.4 Å². The van der Waals surface area contributed by atoms with Gasteiger partial charge in [-0.3, -0.25) is 4.90 Å². The van der Waals surface area contributed by atoms with E-state index in [0.717, 1.165) is 25.0 Å². The summed E-state index contributed by atoms with van der Waals surface area (Å²) in [6.07, 6.45) is 6.94. The molecule has 0 aliphatic heterocycles. The molecule has 1 saturated carbocycles. The van der Waals surface area contributed by atoms with Crippen LogP contribution in [0.25, 0.3) is 0 Å². The highest BCUT2D eigenvalue weighted by molar-refractivity contribution is 5.27. The minimum Gasteiger partial charge on any atom is -0.316 e. The Hall–Kier alpha value is -0.860. The molecule has 21 heavy (non-hydrogen) atoms. The number of hydrogen-bond acceptors (Lipinski definition) is 2. The van der Waals surface area contributed by atoms with Crippen molar-refractivity contribution in [2.24, 2.45) is 5.92 Å². The molecule has 1 N–H and O–H groups in total. The van der Waals surface area contributed by atoms with E-state index >= 15 is 0 Å². The molecule has 1 fully saturated rings. The van der Waals surface area contributed by atoms with Gasteiger partial charge in [0.1, 0.15) is 0 Å². The van der Waals surface area contributed by atoms with E-state index in [4.69, 9.17) is 0 Å². The van der Waals surface area contributed by atoms with Gasteiger partial charge in [-0.2, -0.15) is 0 Å². The average molecular weight is 288 g/mol. The molecule has 0 atom stereocenters. The number of benzene rings is 1. The van der Waals surface area contributed by atoms with Crippen molar-refractivity contribution in [3.8, 4) is 0 Å².